The van der Waals surface area contributed by atoms with E-state index in [1.54, 1.807) is 0 Å². The van der Waals surface area contributed by atoms with Gasteiger partial charge in [0.05, 0.1) is 0 Å². The van der Waals surface area contributed by atoms with Gasteiger partial charge in [0.1, 0.15) is 6.23 Å². The Morgan fingerprint density at radius 1 is 1.43 bits per heavy atom. The van der Waals surface area contributed by atoms with Crippen LogP contribution in [0, 0.1) is 5.41 Å². The second kappa shape index (κ2) is 4.17. The Bertz CT molecular complexity index is 188. The molecule has 14 heavy (non-hydrogen) atoms. The molecule has 82 valence electrons. The van der Waals surface area contributed by atoms with Crippen molar-refractivity contribution in [2.45, 2.75) is 32.9 Å². The van der Waals surface area contributed by atoms with Gasteiger partial charge in [0.15, 0.2) is 0 Å². The molecule has 2 aliphatic heterocycles. The van der Waals surface area contributed by atoms with Crippen LogP contribution in [0.1, 0.15) is 26.7 Å². The molecule has 2 rings (SSSR count). The van der Waals surface area contributed by atoms with Crippen molar-refractivity contribution >= 4 is 0 Å². The molecule has 2 saturated heterocycles. The van der Waals surface area contributed by atoms with Crippen LogP contribution in [0.2, 0.25) is 0 Å². The fraction of sp³-hybridized carbons (Fsp3) is 1.00. The van der Waals surface area contributed by atoms with Crippen molar-refractivity contribution in [1.29, 1.82) is 0 Å². The third-order valence-corrected chi connectivity index (χ3v) is 3.12. The van der Waals surface area contributed by atoms with Crippen molar-refractivity contribution in [2.75, 3.05) is 32.8 Å². The summed E-state index contributed by atoms with van der Waals surface area (Å²) in [6, 6.07) is 0. The van der Waals surface area contributed by atoms with Gasteiger partial charge in [-0.05, 0) is 18.3 Å². The van der Waals surface area contributed by atoms with E-state index in [9.17, 15) is 0 Å². The molecule has 1 unspecified atom stereocenters. The van der Waals surface area contributed by atoms with Crippen molar-refractivity contribution in [2.24, 2.45) is 5.41 Å². The minimum Gasteiger partial charge on any atom is -0.363 e. The standard InChI is InChI=1S/C11H22N2O/c1-11(2)8-12-5-6-13(9-11)10-4-3-7-14-10/h10,12H,3-9H2,1-2H3. The van der Waals surface area contributed by atoms with E-state index in [-0.39, 0.29) is 0 Å². The van der Waals surface area contributed by atoms with Gasteiger partial charge >= 0.3 is 0 Å². The normalized spacial score (nSPS) is 34.3. The van der Waals surface area contributed by atoms with Crippen LogP contribution in [0.25, 0.3) is 0 Å². The highest BCUT2D eigenvalue weighted by Crippen LogP contribution is 2.23. The molecule has 2 aliphatic rings. The molecule has 0 saturated carbocycles. The maximum Gasteiger partial charge on any atom is 0.110 e. The first kappa shape index (κ1) is 10.4. The van der Waals surface area contributed by atoms with Crippen molar-refractivity contribution in [3.8, 4) is 0 Å². The summed E-state index contributed by atoms with van der Waals surface area (Å²) in [4.78, 5) is 2.51. The van der Waals surface area contributed by atoms with Crippen molar-refractivity contribution in [1.82, 2.24) is 10.2 Å². The summed E-state index contributed by atoms with van der Waals surface area (Å²) >= 11 is 0. The molecule has 0 aromatic heterocycles. The fourth-order valence-corrected chi connectivity index (χ4v) is 2.43. The SMILES string of the molecule is CC1(C)CNCCN(C2CCCO2)C1. The van der Waals surface area contributed by atoms with Crippen molar-refractivity contribution < 1.29 is 4.74 Å². The highest BCUT2D eigenvalue weighted by molar-refractivity contribution is 4.82. The van der Waals surface area contributed by atoms with Gasteiger partial charge < -0.3 is 10.1 Å². The Kier molecular flexibility index (Phi) is 3.10. The zero-order valence-electron chi connectivity index (χ0n) is 9.38. The zero-order chi connectivity index (χ0) is 10.0. The molecule has 2 heterocycles. The molecule has 1 N–H and O–H groups in total. The van der Waals surface area contributed by atoms with Crippen LogP contribution in [-0.2, 0) is 4.74 Å². The van der Waals surface area contributed by atoms with Crippen molar-refractivity contribution in [3.05, 3.63) is 0 Å². The van der Waals surface area contributed by atoms with Gasteiger partial charge in [-0.25, -0.2) is 0 Å². The second-order valence-electron chi connectivity index (χ2n) is 5.28. The molecule has 3 nitrogen and oxygen atoms in total. The van der Waals surface area contributed by atoms with E-state index in [4.69, 9.17) is 4.74 Å². The van der Waals surface area contributed by atoms with E-state index in [1.165, 1.54) is 12.8 Å². The quantitative estimate of drug-likeness (QED) is 0.681. The molecule has 2 fully saturated rings. The van der Waals surface area contributed by atoms with E-state index in [2.05, 4.69) is 24.1 Å². The van der Waals surface area contributed by atoms with Crippen LogP contribution in [0.3, 0.4) is 0 Å². The van der Waals surface area contributed by atoms with E-state index < -0.39 is 0 Å². The molecule has 1 atom stereocenters. The summed E-state index contributed by atoms with van der Waals surface area (Å²) in [7, 11) is 0. The molecule has 0 bridgehead atoms. The van der Waals surface area contributed by atoms with Gasteiger partial charge in [-0.1, -0.05) is 13.8 Å². The Hall–Kier alpha value is -0.120. The Morgan fingerprint density at radius 2 is 2.29 bits per heavy atom. The Balaban J connectivity index is 1.95. The monoisotopic (exact) mass is 198 g/mol. The maximum absolute atomic E-state index is 5.74. The number of rotatable bonds is 1. The van der Waals surface area contributed by atoms with E-state index in [0.29, 0.717) is 11.6 Å². The first-order valence-electron chi connectivity index (χ1n) is 5.74. The van der Waals surface area contributed by atoms with E-state index in [1.807, 2.05) is 0 Å². The topological polar surface area (TPSA) is 24.5 Å². The van der Waals surface area contributed by atoms with E-state index in [0.717, 1.165) is 32.8 Å². The van der Waals surface area contributed by atoms with E-state index >= 15 is 0 Å². The average Bonchev–Trinajstić information content (AvgIpc) is 2.57. The first-order chi connectivity index (χ1) is 6.67. The van der Waals surface area contributed by atoms with Gasteiger partial charge in [0.25, 0.3) is 0 Å². The molecule has 0 spiro atoms. The summed E-state index contributed by atoms with van der Waals surface area (Å²) in [6.07, 6.45) is 2.85. The number of nitrogens with zero attached hydrogens (tertiary/aromatic N) is 1. The number of hydrogen-bond donors (Lipinski definition) is 1. The predicted octanol–water partition coefficient (Wildman–Crippen LogP) is 1.05. The molecule has 0 aliphatic carbocycles. The zero-order valence-corrected chi connectivity index (χ0v) is 9.38. The first-order valence-corrected chi connectivity index (χ1v) is 5.74. The summed E-state index contributed by atoms with van der Waals surface area (Å²) in [5.74, 6) is 0. The third kappa shape index (κ3) is 2.47. The largest absolute Gasteiger partial charge is 0.363 e. The highest BCUT2D eigenvalue weighted by Gasteiger charge is 2.30. The summed E-state index contributed by atoms with van der Waals surface area (Å²) in [6.45, 7) is 10.1. The van der Waals surface area contributed by atoms with Gasteiger partial charge in [-0.3, -0.25) is 4.90 Å². The molecular formula is C11H22N2O. The molecule has 0 aromatic carbocycles. The van der Waals surface area contributed by atoms with Crippen LogP contribution in [0.5, 0.6) is 0 Å². The minimum atomic E-state index is 0.377. The van der Waals surface area contributed by atoms with Crippen molar-refractivity contribution in [3.63, 3.8) is 0 Å². The third-order valence-electron chi connectivity index (χ3n) is 3.12. The lowest BCUT2D eigenvalue weighted by Crippen LogP contribution is -2.41. The number of hydrogen-bond acceptors (Lipinski definition) is 3. The summed E-state index contributed by atoms with van der Waals surface area (Å²) in [5, 5.41) is 3.49. The molecule has 0 aromatic rings. The number of nitrogens with one attached hydrogen (secondary N) is 1. The lowest BCUT2D eigenvalue weighted by Gasteiger charge is -2.32. The van der Waals surface area contributed by atoms with Crippen LogP contribution >= 0.6 is 0 Å². The van der Waals surface area contributed by atoms with Crippen LogP contribution in [-0.4, -0.2) is 43.9 Å². The fourth-order valence-electron chi connectivity index (χ4n) is 2.43. The predicted molar refractivity (Wildman–Crippen MR) is 57.2 cm³/mol. The van der Waals surface area contributed by atoms with Crippen LogP contribution in [0.15, 0.2) is 0 Å². The molecule has 3 heteroatoms. The lowest BCUT2D eigenvalue weighted by molar-refractivity contribution is -0.0292. The summed E-state index contributed by atoms with van der Waals surface area (Å²) < 4.78 is 5.74. The Labute approximate surface area is 86.8 Å². The van der Waals surface area contributed by atoms with Crippen LogP contribution in [0.4, 0.5) is 0 Å². The lowest BCUT2D eigenvalue weighted by atomic mass is 9.93. The molecule has 0 amide bonds. The van der Waals surface area contributed by atoms with Gasteiger partial charge in [0, 0.05) is 32.8 Å². The van der Waals surface area contributed by atoms with Crippen LogP contribution < -0.4 is 5.32 Å². The summed E-state index contributed by atoms with van der Waals surface area (Å²) in [5.41, 5.74) is 0.377. The minimum absolute atomic E-state index is 0.377. The van der Waals surface area contributed by atoms with Gasteiger partial charge in [-0.15, -0.1) is 0 Å². The van der Waals surface area contributed by atoms with Gasteiger partial charge in [-0.2, -0.15) is 0 Å². The average molecular weight is 198 g/mol. The second-order valence-corrected chi connectivity index (χ2v) is 5.28. The molecule has 0 radical (unpaired) electrons. The number of ether oxygens (including phenoxy) is 1. The highest BCUT2D eigenvalue weighted by atomic mass is 16.5. The maximum atomic E-state index is 5.74. The smallest absolute Gasteiger partial charge is 0.110 e. The Morgan fingerprint density at radius 3 is 3.00 bits per heavy atom. The van der Waals surface area contributed by atoms with Gasteiger partial charge in [0.2, 0.25) is 0 Å². The molecular weight excluding hydrogens is 176 g/mol.